The average molecular weight is 844 g/mol. The molecule has 0 aromatic rings. The maximum absolute atomic E-state index is 12.7. The van der Waals surface area contributed by atoms with Crippen molar-refractivity contribution < 1.29 is 28.8 Å². The smallest absolute Gasteiger partial charge is 0.391 e. The molecule has 348 valence electrons. The molecular weight excluding hydrogens is 742 g/mol. The van der Waals surface area contributed by atoms with Crippen LogP contribution in [0.5, 0.6) is 0 Å². The van der Waals surface area contributed by atoms with E-state index in [1.54, 1.807) is 0 Å². The fourth-order valence-corrected chi connectivity index (χ4v) is 8.76. The van der Waals surface area contributed by atoms with Crippen LogP contribution in [-0.4, -0.2) is 39.6 Å². The molecule has 0 radical (unpaired) electrons. The Bertz CT molecular complexity index is 869. The van der Waals surface area contributed by atoms with Crippen LogP contribution in [0.25, 0.3) is 0 Å². The van der Waals surface area contributed by atoms with Gasteiger partial charge in [0.2, 0.25) is 5.91 Å². The molecule has 4 N–H and O–H groups in total. The highest BCUT2D eigenvalue weighted by molar-refractivity contribution is 7.46. The lowest BCUT2D eigenvalue weighted by atomic mass is 10.0. The third-order valence-electron chi connectivity index (χ3n) is 12.3. The average Bonchev–Trinajstić information content (AvgIpc) is 3.20. The third-order valence-corrected chi connectivity index (χ3v) is 12.8. The number of nitrogens with one attached hydrogen (secondary N) is 1. The van der Waals surface area contributed by atoms with Crippen molar-refractivity contribution in [2.24, 2.45) is 0 Å². The molecule has 0 aliphatic carbocycles. The Morgan fingerprint density at radius 1 is 0.431 bits per heavy atom. The largest absolute Gasteiger partial charge is 0.469 e. The fraction of sp³-hybridized carbons (Fsp3) is 0.980. The van der Waals surface area contributed by atoms with Gasteiger partial charge in [-0.3, -0.25) is 9.32 Å². The van der Waals surface area contributed by atoms with Gasteiger partial charge in [-0.15, -0.1) is 0 Å². The Labute approximate surface area is 361 Å². The van der Waals surface area contributed by atoms with Crippen molar-refractivity contribution >= 4 is 13.7 Å². The monoisotopic (exact) mass is 844 g/mol. The molecule has 0 rings (SSSR count). The third kappa shape index (κ3) is 46.6. The number of phosphoric ester groups is 1. The van der Waals surface area contributed by atoms with Crippen LogP contribution in [-0.2, 0) is 13.9 Å². The highest BCUT2D eigenvalue weighted by atomic mass is 31.2. The van der Waals surface area contributed by atoms with E-state index >= 15 is 0 Å². The predicted octanol–water partition coefficient (Wildman–Crippen LogP) is 16.1. The molecule has 2 atom stereocenters. The number of aliphatic hydroxyl groups is 1. The van der Waals surface area contributed by atoms with Crippen LogP contribution in [0.4, 0.5) is 0 Å². The highest BCUT2D eigenvalue weighted by Gasteiger charge is 2.25. The fourth-order valence-electron chi connectivity index (χ4n) is 8.41. The first-order chi connectivity index (χ1) is 28.3. The van der Waals surface area contributed by atoms with Gasteiger partial charge in [0.15, 0.2) is 0 Å². The molecule has 1 amide bonds. The number of unbranched alkanes of at least 4 members (excludes halogenated alkanes) is 40. The van der Waals surface area contributed by atoms with Crippen molar-refractivity contribution in [3.8, 4) is 0 Å². The Morgan fingerprint density at radius 3 is 0.931 bits per heavy atom. The van der Waals surface area contributed by atoms with Gasteiger partial charge in [0.1, 0.15) is 0 Å². The lowest BCUT2D eigenvalue weighted by Crippen LogP contribution is -2.46. The summed E-state index contributed by atoms with van der Waals surface area (Å²) < 4.78 is 16.0. The molecule has 0 saturated heterocycles. The van der Waals surface area contributed by atoms with Crippen LogP contribution in [0.2, 0.25) is 0 Å². The van der Waals surface area contributed by atoms with Crippen molar-refractivity contribution in [2.45, 2.75) is 309 Å². The Kier molecular flexibility index (Phi) is 45.7. The summed E-state index contributed by atoms with van der Waals surface area (Å²) in [5, 5.41) is 13.6. The minimum atomic E-state index is -4.69. The molecule has 8 heteroatoms. The van der Waals surface area contributed by atoms with Crippen molar-refractivity contribution in [2.75, 3.05) is 6.61 Å². The van der Waals surface area contributed by atoms with Crippen LogP contribution in [0.3, 0.4) is 0 Å². The van der Waals surface area contributed by atoms with Gasteiger partial charge in [-0.1, -0.05) is 277 Å². The molecule has 58 heavy (non-hydrogen) atoms. The van der Waals surface area contributed by atoms with Gasteiger partial charge in [-0.2, -0.15) is 0 Å². The second-order valence-electron chi connectivity index (χ2n) is 18.2. The number of aliphatic hydroxyl groups excluding tert-OH is 1. The maximum atomic E-state index is 12.7. The summed E-state index contributed by atoms with van der Waals surface area (Å²) >= 11 is 0. The van der Waals surface area contributed by atoms with E-state index in [9.17, 15) is 24.3 Å². The van der Waals surface area contributed by atoms with Gasteiger partial charge < -0.3 is 20.2 Å². The van der Waals surface area contributed by atoms with Gasteiger partial charge in [-0.25, -0.2) is 4.57 Å². The zero-order chi connectivity index (χ0) is 42.5. The molecule has 0 heterocycles. The normalized spacial score (nSPS) is 13.0. The van der Waals surface area contributed by atoms with Crippen LogP contribution < -0.4 is 5.32 Å². The lowest BCUT2D eigenvalue weighted by molar-refractivity contribution is -0.123. The van der Waals surface area contributed by atoms with E-state index in [1.165, 1.54) is 231 Å². The zero-order valence-electron chi connectivity index (χ0n) is 39.0. The summed E-state index contributed by atoms with van der Waals surface area (Å²) in [7, 11) is -4.69. The van der Waals surface area contributed by atoms with Crippen molar-refractivity contribution in [1.82, 2.24) is 5.32 Å². The van der Waals surface area contributed by atoms with Crippen molar-refractivity contribution in [3.63, 3.8) is 0 Å². The summed E-state index contributed by atoms with van der Waals surface area (Å²) in [5.41, 5.74) is 0. The first-order valence-electron chi connectivity index (χ1n) is 26.0. The molecule has 0 unspecified atom stereocenters. The molecule has 0 aromatic heterocycles. The van der Waals surface area contributed by atoms with Gasteiger partial charge in [0.25, 0.3) is 0 Å². The molecular formula is C50H102NO6P. The molecule has 0 aromatic carbocycles. The topological polar surface area (TPSA) is 116 Å². The summed E-state index contributed by atoms with van der Waals surface area (Å²) in [5.74, 6) is -0.186. The van der Waals surface area contributed by atoms with Crippen LogP contribution in [0, 0.1) is 0 Å². The molecule has 0 aliphatic rings. The summed E-state index contributed by atoms with van der Waals surface area (Å²) in [6.45, 7) is 4.16. The predicted molar refractivity (Wildman–Crippen MR) is 250 cm³/mol. The van der Waals surface area contributed by atoms with E-state index in [2.05, 4.69) is 19.2 Å². The minimum absolute atomic E-state index is 0.186. The van der Waals surface area contributed by atoms with E-state index in [0.29, 0.717) is 12.8 Å². The minimum Gasteiger partial charge on any atom is -0.391 e. The highest BCUT2D eigenvalue weighted by Crippen LogP contribution is 2.36. The molecule has 0 spiro atoms. The van der Waals surface area contributed by atoms with E-state index in [4.69, 9.17) is 4.52 Å². The number of carbonyl (C=O) groups is 1. The molecule has 0 fully saturated rings. The zero-order valence-corrected chi connectivity index (χ0v) is 39.9. The van der Waals surface area contributed by atoms with E-state index in [0.717, 1.165) is 38.5 Å². The van der Waals surface area contributed by atoms with E-state index < -0.39 is 26.6 Å². The number of amides is 1. The van der Waals surface area contributed by atoms with Gasteiger partial charge in [0, 0.05) is 6.42 Å². The lowest BCUT2D eigenvalue weighted by Gasteiger charge is -2.24. The van der Waals surface area contributed by atoms with Crippen LogP contribution >= 0.6 is 7.82 Å². The SMILES string of the molecule is CCCCCCCCCCCCCCCCCCCCCCCCCCCCCCC(=O)N[C@@H](COP(=O)(O)O)[C@H](O)CCCCCCCCCCCCCCCC. The first-order valence-corrected chi connectivity index (χ1v) is 27.5. The first kappa shape index (κ1) is 57.5. The second kappa shape index (κ2) is 46.1. The Hall–Kier alpha value is -0.460. The van der Waals surface area contributed by atoms with Crippen LogP contribution in [0.1, 0.15) is 296 Å². The molecule has 0 aliphatic heterocycles. The number of rotatable bonds is 49. The second-order valence-corrected chi connectivity index (χ2v) is 19.4. The number of carbonyl (C=O) groups excluding carboxylic acids is 1. The van der Waals surface area contributed by atoms with E-state index in [-0.39, 0.29) is 5.91 Å². The van der Waals surface area contributed by atoms with Gasteiger partial charge in [-0.05, 0) is 12.8 Å². The van der Waals surface area contributed by atoms with E-state index in [1.807, 2.05) is 0 Å². The van der Waals surface area contributed by atoms with Gasteiger partial charge >= 0.3 is 7.82 Å². The summed E-state index contributed by atoms with van der Waals surface area (Å²) in [6.07, 6.45) is 55.5. The standard InChI is InChI=1S/C50H102NO6P/c1-3-5-7-9-11-13-15-17-19-20-21-22-23-24-25-26-27-28-29-30-31-32-34-36-38-40-42-44-46-50(53)51-48(47-57-58(54,55)56)49(52)45-43-41-39-37-35-33-18-16-14-12-10-8-6-4-2/h48-49,52H,3-47H2,1-2H3,(H,51,53)(H2,54,55,56)/t48-,49+/m0/s1. The molecule has 7 nitrogen and oxygen atoms in total. The van der Waals surface area contributed by atoms with Crippen molar-refractivity contribution in [1.29, 1.82) is 0 Å². The Morgan fingerprint density at radius 2 is 0.672 bits per heavy atom. The van der Waals surface area contributed by atoms with Crippen molar-refractivity contribution in [3.05, 3.63) is 0 Å². The number of hydrogen-bond acceptors (Lipinski definition) is 4. The maximum Gasteiger partial charge on any atom is 0.469 e. The van der Waals surface area contributed by atoms with Gasteiger partial charge in [0.05, 0.1) is 18.8 Å². The summed E-state index contributed by atoms with van der Waals surface area (Å²) in [4.78, 5) is 31.1. The molecule has 0 saturated carbocycles. The Balaban J connectivity index is 3.68. The van der Waals surface area contributed by atoms with Crippen LogP contribution in [0.15, 0.2) is 0 Å². The quantitative estimate of drug-likeness (QED) is 0.0358. The number of hydrogen-bond donors (Lipinski definition) is 4. The number of phosphoric acid groups is 1. The molecule has 0 bridgehead atoms. The summed E-state index contributed by atoms with van der Waals surface area (Å²) in [6, 6.07) is -0.819.